The molecule has 0 unspecified atom stereocenters. The lowest BCUT2D eigenvalue weighted by atomic mass is 10.2. The number of carbonyl (C=O) groups is 1. The van der Waals surface area contributed by atoms with Gasteiger partial charge in [0.15, 0.2) is 0 Å². The minimum Gasteiger partial charge on any atom is -0.324 e. The van der Waals surface area contributed by atoms with E-state index in [1.807, 2.05) is 0 Å². The van der Waals surface area contributed by atoms with Gasteiger partial charge in [-0.2, -0.15) is 17.0 Å². The van der Waals surface area contributed by atoms with E-state index in [-0.39, 0.29) is 11.4 Å². The molecule has 0 aromatic heterocycles. The summed E-state index contributed by atoms with van der Waals surface area (Å²) in [7, 11) is 0.286. The molecule has 1 aromatic rings. The smallest absolute Gasteiger partial charge is 0.281 e. The molecule has 1 aromatic carbocycles. The molecule has 0 saturated heterocycles. The largest absolute Gasteiger partial charge is 0.324 e. The summed E-state index contributed by atoms with van der Waals surface area (Å²) in [5.74, 6) is -0.587. The first kappa shape index (κ1) is 18.0. The molecule has 0 aliphatic heterocycles. The Kier molecular flexibility index (Phi) is 5.58. The summed E-state index contributed by atoms with van der Waals surface area (Å²) in [5, 5.41) is 13.2. The van der Waals surface area contributed by atoms with Crippen LogP contribution in [0.1, 0.15) is 5.56 Å². The number of rotatable bonds is 6. The summed E-state index contributed by atoms with van der Waals surface area (Å²) in [4.78, 5) is 22.1. The van der Waals surface area contributed by atoms with Crippen molar-refractivity contribution in [1.82, 2.24) is 8.61 Å². The van der Waals surface area contributed by atoms with Crippen molar-refractivity contribution >= 4 is 27.5 Å². The Labute approximate surface area is 128 Å². The Balaban J connectivity index is 2.86. The second-order valence-corrected chi connectivity index (χ2v) is 7.10. The third kappa shape index (κ3) is 4.23. The molecule has 0 aliphatic carbocycles. The highest BCUT2D eigenvalue weighted by molar-refractivity contribution is 7.86. The Morgan fingerprint density at radius 3 is 2.41 bits per heavy atom. The van der Waals surface area contributed by atoms with E-state index >= 15 is 0 Å². The van der Waals surface area contributed by atoms with E-state index in [4.69, 9.17) is 0 Å². The average Bonchev–Trinajstić information content (AvgIpc) is 2.40. The summed E-state index contributed by atoms with van der Waals surface area (Å²) in [6, 6.07) is 4.06. The highest BCUT2D eigenvalue weighted by atomic mass is 32.2. The SMILES string of the molecule is Cc1ccc([N+](=O)[O-])cc1NC(=O)CN(C)S(=O)(=O)N(C)C. The second-order valence-electron chi connectivity index (χ2n) is 4.85. The monoisotopic (exact) mass is 330 g/mol. The molecule has 0 radical (unpaired) electrons. The van der Waals surface area contributed by atoms with Crippen molar-refractivity contribution in [2.24, 2.45) is 0 Å². The molecule has 0 spiro atoms. The molecule has 122 valence electrons. The van der Waals surface area contributed by atoms with Crippen LogP contribution in [0.15, 0.2) is 18.2 Å². The van der Waals surface area contributed by atoms with Crippen molar-refractivity contribution in [3.63, 3.8) is 0 Å². The van der Waals surface area contributed by atoms with Crippen LogP contribution in [0.5, 0.6) is 0 Å². The van der Waals surface area contributed by atoms with E-state index in [9.17, 15) is 23.3 Å². The summed E-state index contributed by atoms with van der Waals surface area (Å²) in [6.07, 6.45) is 0. The lowest BCUT2D eigenvalue weighted by Gasteiger charge is -2.21. The summed E-state index contributed by atoms with van der Waals surface area (Å²) in [5.41, 5.74) is 0.752. The fourth-order valence-corrected chi connectivity index (χ4v) is 2.45. The van der Waals surface area contributed by atoms with Gasteiger partial charge in [0.05, 0.1) is 17.2 Å². The van der Waals surface area contributed by atoms with Crippen LogP contribution in [0.25, 0.3) is 0 Å². The van der Waals surface area contributed by atoms with Crippen LogP contribution >= 0.6 is 0 Å². The van der Waals surface area contributed by atoms with E-state index < -0.39 is 27.6 Å². The van der Waals surface area contributed by atoms with Crippen LogP contribution in [0.4, 0.5) is 11.4 Å². The van der Waals surface area contributed by atoms with Crippen molar-refractivity contribution in [1.29, 1.82) is 0 Å². The molecule has 0 fully saturated rings. The Bertz CT molecular complexity index is 687. The molecular formula is C12H18N4O5S. The molecule has 1 N–H and O–H groups in total. The third-order valence-corrected chi connectivity index (χ3v) is 4.77. The molecule has 0 atom stereocenters. The highest BCUT2D eigenvalue weighted by Crippen LogP contribution is 2.21. The minimum absolute atomic E-state index is 0.157. The molecule has 0 heterocycles. The van der Waals surface area contributed by atoms with Gasteiger partial charge in [0.25, 0.3) is 15.9 Å². The standard InChI is InChI=1S/C12H18N4O5S/c1-9-5-6-10(16(18)19)7-11(9)13-12(17)8-15(4)22(20,21)14(2)3/h5-7H,8H2,1-4H3,(H,13,17). The zero-order valence-electron chi connectivity index (χ0n) is 12.7. The van der Waals surface area contributed by atoms with E-state index in [0.29, 0.717) is 5.56 Å². The number of non-ortho nitro benzene ring substituents is 1. The van der Waals surface area contributed by atoms with Gasteiger partial charge in [0, 0.05) is 33.3 Å². The van der Waals surface area contributed by atoms with Gasteiger partial charge in [0.1, 0.15) is 0 Å². The number of hydrogen-bond donors (Lipinski definition) is 1. The molecule has 0 aliphatic rings. The number of anilines is 1. The van der Waals surface area contributed by atoms with Gasteiger partial charge in [-0.15, -0.1) is 0 Å². The molecule has 22 heavy (non-hydrogen) atoms. The quantitative estimate of drug-likeness (QED) is 0.605. The lowest BCUT2D eigenvalue weighted by molar-refractivity contribution is -0.384. The fourth-order valence-electron chi connectivity index (χ4n) is 1.61. The van der Waals surface area contributed by atoms with Crippen molar-refractivity contribution in [3.05, 3.63) is 33.9 Å². The number of benzene rings is 1. The fraction of sp³-hybridized carbons (Fsp3) is 0.417. The van der Waals surface area contributed by atoms with Crippen LogP contribution in [-0.2, 0) is 15.0 Å². The Morgan fingerprint density at radius 1 is 1.32 bits per heavy atom. The summed E-state index contributed by atoms with van der Waals surface area (Å²) in [6.45, 7) is 1.28. The van der Waals surface area contributed by atoms with Crippen molar-refractivity contribution in [2.45, 2.75) is 6.92 Å². The van der Waals surface area contributed by atoms with Crippen LogP contribution in [0, 0.1) is 17.0 Å². The molecule has 9 nitrogen and oxygen atoms in total. The minimum atomic E-state index is -3.70. The van der Waals surface area contributed by atoms with Crippen molar-refractivity contribution in [3.8, 4) is 0 Å². The number of aryl methyl sites for hydroxylation is 1. The average molecular weight is 330 g/mol. The number of amides is 1. The molecular weight excluding hydrogens is 312 g/mol. The predicted molar refractivity (Wildman–Crippen MR) is 81.7 cm³/mol. The van der Waals surface area contributed by atoms with Crippen LogP contribution in [0.2, 0.25) is 0 Å². The first-order valence-corrected chi connectivity index (χ1v) is 7.64. The van der Waals surface area contributed by atoms with Crippen LogP contribution in [-0.4, -0.2) is 55.5 Å². The maximum absolute atomic E-state index is 11.9. The maximum Gasteiger partial charge on any atom is 0.281 e. The first-order valence-electron chi connectivity index (χ1n) is 6.24. The van der Waals surface area contributed by atoms with E-state index in [1.54, 1.807) is 6.92 Å². The van der Waals surface area contributed by atoms with Gasteiger partial charge in [-0.3, -0.25) is 14.9 Å². The lowest BCUT2D eigenvalue weighted by Crippen LogP contribution is -2.41. The summed E-state index contributed by atoms with van der Waals surface area (Å²) >= 11 is 0. The highest BCUT2D eigenvalue weighted by Gasteiger charge is 2.23. The number of hydrogen-bond acceptors (Lipinski definition) is 5. The molecule has 0 bridgehead atoms. The molecule has 1 amide bonds. The maximum atomic E-state index is 11.9. The van der Waals surface area contributed by atoms with Gasteiger partial charge < -0.3 is 5.32 Å². The van der Waals surface area contributed by atoms with Crippen molar-refractivity contribution in [2.75, 3.05) is 33.0 Å². The van der Waals surface area contributed by atoms with Gasteiger partial charge in [-0.05, 0) is 12.5 Å². The topological polar surface area (TPSA) is 113 Å². The number of nitro groups is 1. The number of nitrogens with one attached hydrogen (secondary N) is 1. The van der Waals surface area contributed by atoms with Crippen molar-refractivity contribution < 1.29 is 18.1 Å². The number of nitrogens with zero attached hydrogens (tertiary/aromatic N) is 3. The number of carbonyl (C=O) groups excluding carboxylic acids is 1. The first-order chi connectivity index (χ1) is 10.1. The van der Waals surface area contributed by atoms with Gasteiger partial charge in [-0.25, -0.2) is 0 Å². The van der Waals surface area contributed by atoms with E-state index in [1.165, 1.54) is 39.3 Å². The van der Waals surface area contributed by atoms with Gasteiger partial charge in [0.2, 0.25) is 5.91 Å². The van der Waals surface area contributed by atoms with E-state index in [2.05, 4.69) is 5.32 Å². The van der Waals surface area contributed by atoms with Gasteiger partial charge in [-0.1, -0.05) is 6.07 Å². The second kappa shape index (κ2) is 6.81. The van der Waals surface area contributed by atoms with Gasteiger partial charge >= 0.3 is 0 Å². The third-order valence-electron chi connectivity index (χ3n) is 2.93. The summed E-state index contributed by atoms with van der Waals surface area (Å²) < 4.78 is 25.5. The zero-order chi connectivity index (χ0) is 17.1. The van der Waals surface area contributed by atoms with Crippen LogP contribution < -0.4 is 5.32 Å². The van der Waals surface area contributed by atoms with Crippen LogP contribution in [0.3, 0.4) is 0 Å². The normalized spacial score (nSPS) is 11.7. The number of likely N-dealkylation sites (N-methyl/N-ethyl adjacent to an activating group) is 1. The molecule has 0 saturated carbocycles. The molecule has 1 rings (SSSR count). The number of nitro benzene ring substituents is 1. The Hall–Kier alpha value is -2.04. The molecule has 10 heteroatoms. The van der Waals surface area contributed by atoms with E-state index in [0.717, 1.165) is 8.61 Å². The Morgan fingerprint density at radius 2 is 1.91 bits per heavy atom. The predicted octanol–water partition coefficient (Wildman–Crippen LogP) is 0.580. The zero-order valence-corrected chi connectivity index (χ0v) is 13.5.